The molecule has 4 heteroatoms. The summed E-state index contributed by atoms with van der Waals surface area (Å²) >= 11 is 1.75. The predicted octanol–water partition coefficient (Wildman–Crippen LogP) is 4.08. The molecule has 0 atom stereocenters. The zero-order valence-electron chi connectivity index (χ0n) is 10.4. The molecular weight excluding hydrogens is 259 g/mol. The van der Waals surface area contributed by atoms with Gasteiger partial charge in [0.25, 0.3) is 0 Å². The van der Waals surface area contributed by atoms with Gasteiger partial charge < -0.3 is 0 Å². The molecule has 1 aliphatic rings. The molecule has 0 saturated heterocycles. The fourth-order valence-corrected chi connectivity index (χ4v) is 3.95. The molecule has 2 aromatic heterocycles. The minimum atomic E-state index is -0.206. The number of imidazole rings is 1. The summed E-state index contributed by atoms with van der Waals surface area (Å²) in [4.78, 5) is 7.03. The van der Waals surface area contributed by atoms with Crippen molar-refractivity contribution in [2.45, 2.75) is 25.7 Å². The quantitative estimate of drug-likeness (QED) is 0.652. The molecule has 0 radical (unpaired) electrons. The van der Waals surface area contributed by atoms with Crippen LogP contribution < -0.4 is 0 Å². The number of rotatable bonds is 1. The van der Waals surface area contributed by atoms with Crippen LogP contribution in [0, 0.1) is 5.82 Å². The van der Waals surface area contributed by atoms with E-state index in [1.807, 2.05) is 12.3 Å². The van der Waals surface area contributed by atoms with E-state index in [0.29, 0.717) is 5.56 Å². The Hall–Kier alpha value is -1.68. The van der Waals surface area contributed by atoms with Gasteiger partial charge in [0, 0.05) is 22.3 Å². The van der Waals surface area contributed by atoms with Gasteiger partial charge in [0.15, 0.2) is 4.96 Å². The average molecular weight is 272 g/mol. The number of halogens is 1. The minimum absolute atomic E-state index is 0.206. The molecule has 2 heterocycles. The van der Waals surface area contributed by atoms with Gasteiger partial charge in [-0.25, -0.2) is 9.37 Å². The lowest BCUT2D eigenvalue weighted by atomic mass is 10.0. The summed E-state index contributed by atoms with van der Waals surface area (Å²) in [6.45, 7) is 0. The molecule has 0 saturated carbocycles. The number of hydrogen-bond acceptors (Lipinski definition) is 2. The molecule has 2 nitrogen and oxygen atoms in total. The second kappa shape index (κ2) is 4.17. The lowest BCUT2D eigenvalue weighted by Gasteiger charge is -2.09. The SMILES string of the molecule is Fc1ccccc1-c1cn2c3c(sc2n1)CCCC3. The third kappa shape index (κ3) is 1.70. The van der Waals surface area contributed by atoms with Gasteiger partial charge in [-0.15, -0.1) is 11.3 Å². The van der Waals surface area contributed by atoms with Gasteiger partial charge in [-0.3, -0.25) is 4.40 Å². The van der Waals surface area contributed by atoms with Crippen molar-refractivity contribution < 1.29 is 4.39 Å². The van der Waals surface area contributed by atoms with E-state index in [-0.39, 0.29) is 5.82 Å². The van der Waals surface area contributed by atoms with Crippen LogP contribution in [-0.2, 0) is 12.8 Å². The van der Waals surface area contributed by atoms with Crippen molar-refractivity contribution in [3.05, 3.63) is 46.9 Å². The Morgan fingerprint density at radius 2 is 2.00 bits per heavy atom. The van der Waals surface area contributed by atoms with E-state index < -0.39 is 0 Å². The standard InChI is InChI=1S/C15H13FN2S/c16-11-6-2-1-5-10(11)12-9-18-13-7-3-4-8-14(13)19-15(18)17-12/h1-2,5-6,9H,3-4,7-8H2. The maximum absolute atomic E-state index is 13.8. The second-order valence-corrected chi connectivity index (χ2v) is 6.00. The lowest BCUT2D eigenvalue weighted by Crippen LogP contribution is -2.01. The highest BCUT2D eigenvalue weighted by Gasteiger charge is 2.18. The average Bonchev–Trinajstić information content (AvgIpc) is 2.96. The van der Waals surface area contributed by atoms with Gasteiger partial charge in [0.05, 0.1) is 5.69 Å². The van der Waals surface area contributed by atoms with Crippen LogP contribution in [0.3, 0.4) is 0 Å². The molecule has 0 aliphatic heterocycles. The molecule has 1 aliphatic carbocycles. The van der Waals surface area contributed by atoms with Crippen LogP contribution in [0.2, 0.25) is 0 Å². The molecule has 3 aromatic rings. The third-order valence-electron chi connectivity index (χ3n) is 3.72. The van der Waals surface area contributed by atoms with Gasteiger partial charge in [-0.05, 0) is 37.8 Å². The van der Waals surface area contributed by atoms with E-state index >= 15 is 0 Å². The highest BCUT2D eigenvalue weighted by atomic mass is 32.1. The van der Waals surface area contributed by atoms with Crippen molar-refractivity contribution >= 4 is 16.3 Å². The molecule has 0 spiro atoms. The monoisotopic (exact) mass is 272 g/mol. The first kappa shape index (κ1) is 11.2. The Bertz CT molecular complexity index is 757. The smallest absolute Gasteiger partial charge is 0.194 e. The number of hydrogen-bond donors (Lipinski definition) is 0. The maximum Gasteiger partial charge on any atom is 0.194 e. The Kier molecular flexibility index (Phi) is 2.45. The van der Waals surface area contributed by atoms with Crippen LogP contribution in [0.4, 0.5) is 4.39 Å². The normalized spacial score (nSPS) is 14.8. The molecule has 0 fully saturated rings. The number of aromatic nitrogens is 2. The van der Waals surface area contributed by atoms with Gasteiger partial charge in [-0.1, -0.05) is 12.1 Å². The molecule has 4 rings (SSSR count). The molecule has 96 valence electrons. The van der Waals surface area contributed by atoms with Gasteiger partial charge in [0.2, 0.25) is 0 Å². The zero-order chi connectivity index (χ0) is 12.8. The molecular formula is C15H13FN2S. The molecule has 0 N–H and O–H groups in total. The fraction of sp³-hybridized carbons (Fsp3) is 0.267. The Labute approximate surface area is 114 Å². The van der Waals surface area contributed by atoms with Crippen molar-refractivity contribution in [3.63, 3.8) is 0 Å². The van der Waals surface area contributed by atoms with Crippen molar-refractivity contribution in [2.75, 3.05) is 0 Å². The summed E-state index contributed by atoms with van der Waals surface area (Å²) in [7, 11) is 0. The van der Waals surface area contributed by atoms with Crippen molar-refractivity contribution in [1.29, 1.82) is 0 Å². The Balaban J connectivity index is 1.89. The van der Waals surface area contributed by atoms with Gasteiger partial charge >= 0.3 is 0 Å². The minimum Gasteiger partial charge on any atom is -0.294 e. The summed E-state index contributed by atoms with van der Waals surface area (Å²) in [5.74, 6) is -0.206. The molecule has 19 heavy (non-hydrogen) atoms. The Morgan fingerprint density at radius 3 is 2.89 bits per heavy atom. The molecule has 0 amide bonds. The van der Waals surface area contributed by atoms with Gasteiger partial charge in [-0.2, -0.15) is 0 Å². The predicted molar refractivity (Wildman–Crippen MR) is 75.1 cm³/mol. The molecule has 1 aromatic carbocycles. The second-order valence-electron chi connectivity index (χ2n) is 4.94. The first-order chi connectivity index (χ1) is 9.33. The number of aryl methyl sites for hydroxylation is 2. The summed E-state index contributed by atoms with van der Waals surface area (Å²) in [6.07, 6.45) is 6.78. The number of fused-ring (bicyclic) bond motifs is 3. The summed E-state index contributed by atoms with van der Waals surface area (Å²) in [6, 6.07) is 6.83. The first-order valence-electron chi connectivity index (χ1n) is 6.57. The molecule has 0 bridgehead atoms. The highest BCUT2D eigenvalue weighted by Crippen LogP contribution is 2.32. The van der Waals surface area contributed by atoms with Crippen LogP contribution in [0.25, 0.3) is 16.2 Å². The van der Waals surface area contributed by atoms with Crippen LogP contribution >= 0.6 is 11.3 Å². The highest BCUT2D eigenvalue weighted by molar-refractivity contribution is 7.17. The summed E-state index contributed by atoms with van der Waals surface area (Å²) < 4.78 is 16.0. The van der Waals surface area contributed by atoms with E-state index in [9.17, 15) is 4.39 Å². The van der Waals surface area contributed by atoms with E-state index in [1.54, 1.807) is 23.5 Å². The van der Waals surface area contributed by atoms with Crippen LogP contribution in [0.15, 0.2) is 30.5 Å². The third-order valence-corrected chi connectivity index (χ3v) is 4.87. The van der Waals surface area contributed by atoms with E-state index in [2.05, 4.69) is 9.38 Å². The van der Waals surface area contributed by atoms with E-state index in [1.165, 1.54) is 35.9 Å². The number of thiazole rings is 1. The first-order valence-corrected chi connectivity index (χ1v) is 7.39. The van der Waals surface area contributed by atoms with Crippen LogP contribution in [0.1, 0.15) is 23.4 Å². The van der Waals surface area contributed by atoms with Crippen molar-refractivity contribution in [3.8, 4) is 11.3 Å². The van der Waals surface area contributed by atoms with Crippen LogP contribution in [0.5, 0.6) is 0 Å². The molecule has 0 unspecified atom stereocenters. The Morgan fingerprint density at radius 1 is 1.16 bits per heavy atom. The largest absolute Gasteiger partial charge is 0.294 e. The van der Waals surface area contributed by atoms with E-state index in [0.717, 1.165) is 17.1 Å². The number of benzene rings is 1. The van der Waals surface area contributed by atoms with E-state index in [4.69, 9.17) is 0 Å². The lowest BCUT2D eigenvalue weighted by molar-refractivity contribution is 0.631. The van der Waals surface area contributed by atoms with Crippen molar-refractivity contribution in [2.24, 2.45) is 0 Å². The fourth-order valence-electron chi connectivity index (χ4n) is 2.76. The zero-order valence-corrected chi connectivity index (χ0v) is 11.2. The van der Waals surface area contributed by atoms with Crippen LogP contribution in [-0.4, -0.2) is 9.38 Å². The van der Waals surface area contributed by atoms with Gasteiger partial charge in [0.1, 0.15) is 5.82 Å². The van der Waals surface area contributed by atoms with Crippen molar-refractivity contribution in [1.82, 2.24) is 9.38 Å². The number of nitrogens with zero attached hydrogens (tertiary/aromatic N) is 2. The topological polar surface area (TPSA) is 17.3 Å². The summed E-state index contributed by atoms with van der Waals surface area (Å²) in [5.41, 5.74) is 2.70. The maximum atomic E-state index is 13.8. The summed E-state index contributed by atoms with van der Waals surface area (Å²) in [5, 5.41) is 0.